The number of carbonyl (C=O) groups excluding carboxylic acids is 1. The van der Waals surface area contributed by atoms with Crippen LogP contribution >= 0.6 is 0 Å². The molecule has 182 valence electrons. The lowest BCUT2D eigenvalue weighted by Gasteiger charge is -2.60. The lowest BCUT2D eigenvalue weighted by Crippen LogP contribution is -2.67. The number of hydrogen-bond acceptors (Lipinski definition) is 5. The maximum absolute atomic E-state index is 13.1. The quantitative estimate of drug-likeness (QED) is 0.482. The Morgan fingerprint density at radius 2 is 2.21 bits per heavy atom. The lowest BCUT2D eigenvalue weighted by molar-refractivity contribution is -0.157. The number of fused-ring (bicyclic) bond motifs is 1. The number of phenols is 1. The number of piperidine rings is 1. The third-order valence-corrected chi connectivity index (χ3v) is 8.05. The molecule has 3 atom stereocenters. The second-order valence-corrected chi connectivity index (χ2v) is 9.72. The highest BCUT2D eigenvalue weighted by molar-refractivity contribution is 5.92. The van der Waals surface area contributed by atoms with Gasteiger partial charge in [-0.15, -0.1) is 6.58 Å². The predicted octanol–water partition coefficient (Wildman–Crippen LogP) is 4.53. The molecule has 0 spiro atoms. The molecular formula is C28H36N2O4. The summed E-state index contributed by atoms with van der Waals surface area (Å²) in [6, 6.07) is 9.52. The average molecular weight is 465 g/mol. The minimum atomic E-state index is -0.397. The molecule has 2 aliphatic rings. The number of ether oxygens (including phenoxy) is 1. The number of rotatable bonds is 7. The fourth-order valence-electron chi connectivity index (χ4n) is 6.06. The topological polar surface area (TPSA) is 66.2 Å². The molecule has 1 aromatic heterocycles. The van der Waals surface area contributed by atoms with E-state index in [-0.39, 0.29) is 23.1 Å². The summed E-state index contributed by atoms with van der Waals surface area (Å²) < 4.78 is 11.7. The third-order valence-electron chi connectivity index (χ3n) is 8.05. The van der Waals surface area contributed by atoms with Crippen molar-refractivity contribution in [2.45, 2.75) is 49.7 Å². The van der Waals surface area contributed by atoms with Gasteiger partial charge in [0.25, 0.3) is 0 Å². The molecule has 6 heteroatoms. The van der Waals surface area contributed by atoms with Gasteiger partial charge in [0.2, 0.25) is 5.91 Å². The van der Waals surface area contributed by atoms with Crippen LogP contribution in [0.5, 0.6) is 5.75 Å². The highest BCUT2D eigenvalue weighted by Crippen LogP contribution is 2.54. The minimum absolute atomic E-state index is 0.0225. The number of likely N-dealkylation sites (N-methyl/N-ethyl adjacent to an activating group) is 1. The van der Waals surface area contributed by atoms with Gasteiger partial charge in [-0.05, 0) is 69.0 Å². The SMILES string of the molecule is C=CCN1CC[C@@]2(c3cccc(O)c3)C[C@@H](N(C)C(=O)/C=C/c3ccoc3C)CC[C@]2(OC)C1. The van der Waals surface area contributed by atoms with E-state index in [9.17, 15) is 9.90 Å². The zero-order valence-electron chi connectivity index (χ0n) is 20.5. The van der Waals surface area contributed by atoms with E-state index in [0.29, 0.717) is 0 Å². The lowest BCUT2D eigenvalue weighted by atomic mass is 9.55. The van der Waals surface area contributed by atoms with Crippen molar-refractivity contribution in [3.63, 3.8) is 0 Å². The maximum atomic E-state index is 13.1. The summed E-state index contributed by atoms with van der Waals surface area (Å²) in [4.78, 5) is 17.4. The monoisotopic (exact) mass is 464 g/mol. The van der Waals surface area contributed by atoms with Gasteiger partial charge in [0.05, 0.1) is 11.9 Å². The molecule has 2 heterocycles. The van der Waals surface area contributed by atoms with Crippen molar-refractivity contribution in [3.8, 4) is 5.75 Å². The van der Waals surface area contributed by atoms with E-state index in [1.807, 2.05) is 49.2 Å². The summed E-state index contributed by atoms with van der Waals surface area (Å²) in [5.74, 6) is 1.03. The van der Waals surface area contributed by atoms with Crippen LogP contribution in [-0.4, -0.2) is 66.2 Å². The van der Waals surface area contributed by atoms with Crippen LogP contribution in [0.2, 0.25) is 0 Å². The van der Waals surface area contributed by atoms with Gasteiger partial charge in [-0.1, -0.05) is 18.2 Å². The standard InChI is InChI=1S/C28H36N2O4/c1-5-15-30-16-14-27(23-7-6-8-25(31)18-23)19-24(11-13-28(27,20-30)33-4)29(3)26(32)10-9-22-12-17-34-21(22)2/h5-10,12,17-18,24,31H,1,11,13-16,19-20H2,2-4H3/b10-9+/t24-,27-,28-/m0/s1. The Bertz CT molecular complexity index is 1060. The molecule has 2 aromatic rings. The fraction of sp³-hybridized carbons (Fsp3) is 0.464. The number of methoxy groups -OCH3 is 1. The number of furan rings is 1. The zero-order valence-corrected chi connectivity index (χ0v) is 20.5. The Labute approximate surface area is 202 Å². The van der Waals surface area contributed by atoms with Gasteiger partial charge in [-0.3, -0.25) is 9.69 Å². The van der Waals surface area contributed by atoms with Crippen LogP contribution in [-0.2, 0) is 14.9 Å². The number of aryl methyl sites for hydroxylation is 1. The molecule has 6 nitrogen and oxygen atoms in total. The Balaban J connectivity index is 1.64. The van der Waals surface area contributed by atoms with Crippen molar-refractivity contribution in [2.24, 2.45) is 0 Å². The number of phenolic OH excluding ortho intramolecular Hbond substituents is 1. The fourth-order valence-corrected chi connectivity index (χ4v) is 6.06. The predicted molar refractivity (Wildman–Crippen MR) is 134 cm³/mol. The Morgan fingerprint density at radius 1 is 1.38 bits per heavy atom. The molecule has 1 aromatic carbocycles. The number of carbonyl (C=O) groups is 1. The molecule has 0 bridgehead atoms. The van der Waals surface area contributed by atoms with E-state index >= 15 is 0 Å². The van der Waals surface area contributed by atoms with Crippen LogP contribution in [0.3, 0.4) is 0 Å². The summed E-state index contributed by atoms with van der Waals surface area (Å²) in [5.41, 5.74) is 1.30. The largest absolute Gasteiger partial charge is 0.508 e. The van der Waals surface area contributed by atoms with E-state index in [0.717, 1.165) is 62.2 Å². The van der Waals surface area contributed by atoms with Crippen LogP contribution < -0.4 is 0 Å². The van der Waals surface area contributed by atoms with Crippen LogP contribution in [0.1, 0.15) is 42.6 Å². The molecule has 1 aliphatic carbocycles. The number of likely N-dealkylation sites (tertiary alicyclic amines) is 1. The van der Waals surface area contributed by atoms with E-state index in [1.165, 1.54) is 0 Å². The highest BCUT2D eigenvalue weighted by atomic mass is 16.5. The Hall–Kier alpha value is -2.83. The first-order valence-electron chi connectivity index (χ1n) is 12.0. The molecule has 1 amide bonds. The number of hydrogen-bond donors (Lipinski definition) is 1. The molecule has 2 fully saturated rings. The number of nitrogens with zero attached hydrogens (tertiary/aromatic N) is 2. The van der Waals surface area contributed by atoms with Crippen LogP contribution in [0.25, 0.3) is 6.08 Å². The molecule has 1 aliphatic heterocycles. The summed E-state index contributed by atoms with van der Waals surface area (Å²) in [7, 11) is 3.70. The summed E-state index contributed by atoms with van der Waals surface area (Å²) >= 11 is 0. The molecular weight excluding hydrogens is 428 g/mol. The first-order valence-corrected chi connectivity index (χ1v) is 12.0. The van der Waals surface area contributed by atoms with Crippen molar-refractivity contribution >= 4 is 12.0 Å². The van der Waals surface area contributed by atoms with Gasteiger partial charge >= 0.3 is 0 Å². The number of aromatic hydroxyl groups is 1. The third kappa shape index (κ3) is 4.32. The first kappa shape index (κ1) is 24.3. The average Bonchev–Trinajstić information content (AvgIpc) is 3.26. The van der Waals surface area contributed by atoms with Crippen molar-refractivity contribution in [2.75, 3.05) is 33.8 Å². The summed E-state index contributed by atoms with van der Waals surface area (Å²) in [6.07, 6.45) is 10.4. The second-order valence-electron chi connectivity index (χ2n) is 9.72. The summed E-state index contributed by atoms with van der Waals surface area (Å²) in [5, 5.41) is 10.3. The van der Waals surface area contributed by atoms with Crippen molar-refractivity contribution in [1.29, 1.82) is 0 Å². The Kier molecular flexibility index (Phi) is 7.01. The van der Waals surface area contributed by atoms with Crippen molar-refractivity contribution in [3.05, 3.63) is 72.2 Å². The van der Waals surface area contributed by atoms with Gasteiger partial charge in [0.15, 0.2) is 0 Å². The number of benzene rings is 1. The van der Waals surface area contributed by atoms with Gasteiger partial charge in [0, 0.05) is 50.3 Å². The second kappa shape index (κ2) is 9.80. The van der Waals surface area contributed by atoms with Crippen LogP contribution in [0, 0.1) is 6.92 Å². The minimum Gasteiger partial charge on any atom is -0.508 e. The zero-order chi connectivity index (χ0) is 24.3. The molecule has 1 saturated carbocycles. The smallest absolute Gasteiger partial charge is 0.246 e. The van der Waals surface area contributed by atoms with Crippen LogP contribution in [0.4, 0.5) is 0 Å². The van der Waals surface area contributed by atoms with Gasteiger partial charge in [0.1, 0.15) is 11.5 Å². The molecule has 34 heavy (non-hydrogen) atoms. The molecule has 0 radical (unpaired) electrons. The first-order chi connectivity index (χ1) is 16.3. The Morgan fingerprint density at radius 3 is 2.88 bits per heavy atom. The van der Waals surface area contributed by atoms with Gasteiger partial charge < -0.3 is 19.2 Å². The van der Waals surface area contributed by atoms with Crippen molar-refractivity contribution in [1.82, 2.24) is 9.80 Å². The van der Waals surface area contributed by atoms with E-state index in [2.05, 4.69) is 17.5 Å². The van der Waals surface area contributed by atoms with Gasteiger partial charge in [-0.25, -0.2) is 0 Å². The molecule has 4 rings (SSSR count). The van der Waals surface area contributed by atoms with Gasteiger partial charge in [-0.2, -0.15) is 0 Å². The molecule has 1 saturated heterocycles. The highest BCUT2D eigenvalue weighted by Gasteiger charge is 2.59. The van der Waals surface area contributed by atoms with E-state index in [4.69, 9.17) is 9.15 Å². The van der Waals surface area contributed by atoms with Crippen molar-refractivity contribution < 1.29 is 19.1 Å². The normalized spacial score (nSPS) is 27.4. The van der Waals surface area contributed by atoms with Crippen LogP contribution in [0.15, 0.2) is 59.7 Å². The molecule has 0 unspecified atom stereocenters. The maximum Gasteiger partial charge on any atom is 0.246 e. The number of amides is 1. The van der Waals surface area contributed by atoms with E-state index in [1.54, 1.807) is 25.5 Å². The summed E-state index contributed by atoms with van der Waals surface area (Å²) in [6.45, 7) is 8.34. The molecule has 1 N–H and O–H groups in total. The van der Waals surface area contributed by atoms with E-state index < -0.39 is 5.60 Å².